The molecule has 0 fully saturated rings. The topological polar surface area (TPSA) is 98.2 Å². The van der Waals surface area contributed by atoms with Crippen LogP contribution in [0.4, 0.5) is 0 Å². The van der Waals surface area contributed by atoms with Gasteiger partial charge < -0.3 is 10.2 Å². The van der Waals surface area contributed by atoms with Crippen molar-refractivity contribution in [3.05, 3.63) is 12.2 Å². The van der Waals surface area contributed by atoms with Gasteiger partial charge in [0.15, 0.2) is 6.23 Å². The highest BCUT2D eigenvalue weighted by Crippen LogP contribution is 2.12. The highest BCUT2D eigenvalue weighted by Gasteiger charge is 2.36. The first-order valence-electron chi connectivity index (χ1n) is 4.70. The van der Waals surface area contributed by atoms with Crippen LogP contribution in [0.25, 0.3) is 0 Å². The zero-order chi connectivity index (χ0) is 12.3. The van der Waals surface area contributed by atoms with Gasteiger partial charge in [0, 0.05) is 18.6 Å². The molecule has 0 radical (unpaired) electrons. The molecule has 88 valence electrons. The number of amides is 3. The Bertz CT molecular complexity index is 334. The lowest BCUT2D eigenvalue weighted by Gasteiger charge is -2.32. The van der Waals surface area contributed by atoms with Crippen molar-refractivity contribution in [3.8, 4) is 0 Å². The average molecular weight is 228 g/mol. The second-order valence-electron chi connectivity index (χ2n) is 3.08. The Morgan fingerprint density at radius 2 is 1.94 bits per heavy atom. The van der Waals surface area contributed by atoms with Crippen molar-refractivity contribution in [2.24, 2.45) is 0 Å². The molecule has 1 rings (SSSR count). The molecule has 1 aliphatic heterocycles. The lowest BCUT2D eigenvalue weighted by atomic mass is 10.4. The van der Waals surface area contributed by atoms with Crippen molar-refractivity contribution in [1.82, 2.24) is 10.0 Å². The number of imide groups is 1. The van der Waals surface area contributed by atoms with Crippen LogP contribution in [0.2, 0.25) is 0 Å². The SMILES string of the molecule is CCC(=O)N(C(O)CO)N1C(=O)C=CC1=O. The smallest absolute Gasteiger partial charge is 0.272 e. The van der Waals surface area contributed by atoms with E-state index in [1.54, 1.807) is 0 Å². The lowest BCUT2D eigenvalue weighted by Crippen LogP contribution is -2.55. The number of carbonyl (C=O) groups excluding carboxylic acids is 3. The van der Waals surface area contributed by atoms with Gasteiger partial charge in [-0.1, -0.05) is 6.92 Å². The molecule has 0 aliphatic carbocycles. The number of aliphatic hydroxyl groups is 2. The Balaban J connectivity index is 2.97. The Morgan fingerprint density at radius 3 is 2.31 bits per heavy atom. The molecule has 0 saturated carbocycles. The lowest BCUT2D eigenvalue weighted by molar-refractivity contribution is -0.189. The number of hydrogen-bond donors (Lipinski definition) is 2. The molecule has 0 aromatic carbocycles. The fraction of sp³-hybridized carbons (Fsp3) is 0.444. The van der Waals surface area contributed by atoms with Gasteiger partial charge in [-0.05, 0) is 0 Å². The fourth-order valence-electron chi connectivity index (χ4n) is 1.26. The summed E-state index contributed by atoms with van der Waals surface area (Å²) in [4.78, 5) is 34.1. The minimum atomic E-state index is -1.61. The van der Waals surface area contributed by atoms with E-state index >= 15 is 0 Å². The molecule has 0 aromatic heterocycles. The van der Waals surface area contributed by atoms with Crippen LogP contribution in [0.1, 0.15) is 13.3 Å². The summed E-state index contributed by atoms with van der Waals surface area (Å²) in [6.07, 6.45) is 0.360. The normalized spacial score (nSPS) is 16.8. The fourth-order valence-corrected chi connectivity index (χ4v) is 1.26. The van der Waals surface area contributed by atoms with E-state index in [1.165, 1.54) is 6.92 Å². The minimum Gasteiger partial charge on any atom is -0.392 e. The van der Waals surface area contributed by atoms with Crippen molar-refractivity contribution in [2.45, 2.75) is 19.6 Å². The highest BCUT2D eigenvalue weighted by atomic mass is 16.4. The van der Waals surface area contributed by atoms with Gasteiger partial charge in [-0.3, -0.25) is 14.4 Å². The monoisotopic (exact) mass is 228 g/mol. The van der Waals surface area contributed by atoms with Gasteiger partial charge in [0.05, 0.1) is 6.61 Å². The molecule has 16 heavy (non-hydrogen) atoms. The number of aliphatic hydroxyl groups excluding tert-OH is 2. The van der Waals surface area contributed by atoms with Gasteiger partial charge in [-0.15, -0.1) is 0 Å². The number of rotatable bonds is 4. The van der Waals surface area contributed by atoms with E-state index in [2.05, 4.69) is 0 Å². The van der Waals surface area contributed by atoms with E-state index in [4.69, 9.17) is 5.11 Å². The van der Waals surface area contributed by atoms with E-state index in [0.717, 1.165) is 12.2 Å². The zero-order valence-corrected chi connectivity index (χ0v) is 8.66. The van der Waals surface area contributed by atoms with Crippen LogP contribution in [-0.4, -0.2) is 50.8 Å². The maximum Gasteiger partial charge on any atom is 0.272 e. The molecule has 0 bridgehead atoms. The van der Waals surface area contributed by atoms with E-state index in [0.29, 0.717) is 10.0 Å². The largest absolute Gasteiger partial charge is 0.392 e. The summed E-state index contributed by atoms with van der Waals surface area (Å²) in [5.41, 5.74) is 0. The van der Waals surface area contributed by atoms with Gasteiger partial charge in [0.1, 0.15) is 0 Å². The number of nitrogens with zero attached hydrogens (tertiary/aromatic N) is 2. The van der Waals surface area contributed by atoms with Gasteiger partial charge in [0.25, 0.3) is 11.8 Å². The first-order valence-corrected chi connectivity index (χ1v) is 4.70. The Hall–Kier alpha value is -1.73. The molecule has 7 nitrogen and oxygen atoms in total. The first-order chi connectivity index (χ1) is 7.52. The van der Waals surface area contributed by atoms with Crippen LogP contribution < -0.4 is 0 Å². The number of hydrazine groups is 1. The van der Waals surface area contributed by atoms with Crippen LogP contribution in [-0.2, 0) is 14.4 Å². The predicted octanol–water partition coefficient (Wildman–Crippen LogP) is -1.62. The summed E-state index contributed by atoms with van der Waals surface area (Å²) >= 11 is 0. The zero-order valence-electron chi connectivity index (χ0n) is 8.66. The van der Waals surface area contributed by atoms with Crippen LogP contribution in [0, 0.1) is 0 Å². The van der Waals surface area contributed by atoms with Crippen LogP contribution in [0.15, 0.2) is 12.2 Å². The standard InChI is InChI=1S/C9H12N2O5/c1-2-6(13)10(9(16)5-12)11-7(14)3-4-8(11)15/h3-4,9,12,16H,2,5H2,1H3. The second kappa shape index (κ2) is 4.86. The molecule has 7 heteroatoms. The molecule has 1 aliphatic rings. The van der Waals surface area contributed by atoms with Crippen molar-refractivity contribution in [3.63, 3.8) is 0 Å². The third-order valence-corrected chi connectivity index (χ3v) is 2.01. The molecular weight excluding hydrogens is 216 g/mol. The summed E-state index contributed by atoms with van der Waals surface area (Å²) in [5, 5.41) is 19.2. The second-order valence-corrected chi connectivity index (χ2v) is 3.08. The quantitative estimate of drug-likeness (QED) is 0.445. The third-order valence-electron chi connectivity index (χ3n) is 2.01. The first kappa shape index (κ1) is 12.3. The van der Waals surface area contributed by atoms with E-state index in [9.17, 15) is 19.5 Å². The molecule has 0 spiro atoms. The number of hydrogen-bond acceptors (Lipinski definition) is 5. The summed E-state index contributed by atoms with van der Waals surface area (Å²) in [6.45, 7) is 0.751. The molecule has 1 atom stereocenters. The molecule has 1 heterocycles. The number of carbonyl (C=O) groups is 3. The minimum absolute atomic E-state index is 0.00583. The Morgan fingerprint density at radius 1 is 1.44 bits per heavy atom. The van der Waals surface area contributed by atoms with Gasteiger partial charge in [0.2, 0.25) is 5.91 Å². The molecular formula is C9H12N2O5. The van der Waals surface area contributed by atoms with Crippen molar-refractivity contribution >= 4 is 17.7 Å². The molecule has 2 N–H and O–H groups in total. The predicted molar refractivity (Wildman–Crippen MR) is 51.2 cm³/mol. The summed E-state index contributed by atoms with van der Waals surface area (Å²) < 4.78 is 0. The maximum atomic E-state index is 11.5. The third kappa shape index (κ3) is 2.10. The van der Waals surface area contributed by atoms with Gasteiger partial charge >= 0.3 is 0 Å². The Kier molecular flexibility index (Phi) is 3.75. The van der Waals surface area contributed by atoms with Crippen LogP contribution in [0.5, 0.6) is 0 Å². The van der Waals surface area contributed by atoms with Gasteiger partial charge in [-0.25, -0.2) is 5.01 Å². The Labute approximate surface area is 91.5 Å². The van der Waals surface area contributed by atoms with Gasteiger partial charge in [-0.2, -0.15) is 5.01 Å². The summed E-state index contributed by atoms with van der Waals surface area (Å²) in [6, 6.07) is 0. The van der Waals surface area contributed by atoms with Crippen molar-refractivity contribution in [2.75, 3.05) is 6.61 Å². The van der Waals surface area contributed by atoms with E-state index in [1.807, 2.05) is 0 Å². The van der Waals surface area contributed by atoms with Crippen molar-refractivity contribution in [1.29, 1.82) is 0 Å². The average Bonchev–Trinajstić information content (AvgIpc) is 2.60. The van der Waals surface area contributed by atoms with Crippen molar-refractivity contribution < 1.29 is 24.6 Å². The molecule has 0 aromatic rings. The molecule has 3 amide bonds. The van der Waals surface area contributed by atoms with Crippen LogP contribution in [0.3, 0.4) is 0 Å². The maximum absolute atomic E-state index is 11.5. The highest BCUT2D eigenvalue weighted by molar-refractivity contribution is 6.13. The summed E-state index contributed by atoms with van der Waals surface area (Å²) in [7, 11) is 0. The van der Waals surface area contributed by atoms with Crippen LogP contribution >= 0.6 is 0 Å². The van der Waals surface area contributed by atoms with E-state index < -0.39 is 30.6 Å². The molecule has 1 unspecified atom stereocenters. The summed E-state index contributed by atoms with van der Waals surface area (Å²) in [5.74, 6) is -2.08. The molecule has 0 saturated heterocycles. The van der Waals surface area contributed by atoms with E-state index in [-0.39, 0.29) is 6.42 Å².